The van der Waals surface area contributed by atoms with Crippen molar-refractivity contribution in [2.24, 2.45) is 5.41 Å². The molecule has 2 atom stereocenters. The summed E-state index contributed by atoms with van der Waals surface area (Å²) in [5.41, 5.74) is 3.08. The van der Waals surface area contributed by atoms with Gasteiger partial charge in [0.2, 0.25) is 5.91 Å². The minimum Gasteiger partial charge on any atom is -0.493 e. The van der Waals surface area contributed by atoms with E-state index in [1.165, 1.54) is 18.2 Å². The number of aromatic amines is 1. The Labute approximate surface area is 233 Å². The third-order valence-electron chi connectivity index (χ3n) is 8.02. The van der Waals surface area contributed by atoms with E-state index in [2.05, 4.69) is 31.1 Å². The van der Waals surface area contributed by atoms with Crippen LogP contribution in [0.5, 0.6) is 5.75 Å². The first-order valence-corrected chi connectivity index (χ1v) is 13.4. The third kappa shape index (κ3) is 4.72. The quantitative estimate of drug-likeness (QED) is 0.299. The number of H-pyrrole nitrogens is 1. The molecule has 12 heteroatoms. The molecule has 3 heterocycles. The maximum absolute atomic E-state index is 15.3. The lowest BCUT2D eigenvalue weighted by molar-refractivity contribution is -0.119. The fourth-order valence-electron chi connectivity index (χ4n) is 5.76. The van der Waals surface area contributed by atoms with E-state index in [1.807, 2.05) is 0 Å². The van der Waals surface area contributed by atoms with Gasteiger partial charge in [-0.2, -0.15) is 5.10 Å². The van der Waals surface area contributed by atoms with Gasteiger partial charge in [0.25, 0.3) is 5.91 Å². The van der Waals surface area contributed by atoms with Crippen LogP contribution in [-0.2, 0) is 11.2 Å². The highest BCUT2D eigenvalue weighted by Crippen LogP contribution is 2.61. The molecule has 2 aromatic heterocycles. The highest BCUT2D eigenvalue weighted by Gasteiger charge is 2.58. The summed E-state index contributed by atoms with van der Waals surface area (Å²) in [6, 6.07) is 7.44. The SMILES string of the molecule is CCc1nonc1C(=O)N[C@H](C(=O)Nc1ccc(-c2c(C)n[nH]c2C)c(F)c1)C1c2ccc(F)cc2OCC12CC2. The molecule has 41 heavy (non-hydrogen) atoms. The molecule has 0 bridgehead atoms. The number of fused-ring (bicyclic) bond motifs is 1. The molecule has 0 saturated heterocycles. The number of carbonyl (C=O) groups is 2. The topological polar surface area (TPSA) is 135 Å². The van der Waals surface area contributed by atoms with Gasteiger partial charge in [-0.3, -0.25) is 14.7 Å². The van der Waals surface area contributed by atoms with Crippen LogP contribution in [0.3, 0.4) is 0 Å². The number of nitrogens with zero attached hydrogens (tertiary/aromatic N) is 3. The number of aromatic nitrogens is 4. The first-order chi connectivity index (χ1) is 19.7. The van der Waals surface area contributed by atoms with E-state index >= 15 is 4.39 Å². The van der Waals surface area contributed by atoms with Crippen molar-refractivity contribution in [1.29, 1.82) is 0 Å². The Morgan fingerprint density at radius 2 is 1.95 bits per heavy atom. The lowest BCUT2D eigenvalue weighted by atomic mass is 9.75. The fraction of sp³-hybridized carbons (Fsp3) is 0.345. The van der Waals surface area contributed by atoms with Crippen molar-refractivity contribution in [2.45, 2.75) is 52.0 Å². The fourth-order valence-corrected chi connectivity index (χ4v) is 5.76. The van der Waals surface area contributed by atoms with Gasteiger partial charge in [0.1, 0.15) is 29.1 Å². The molecule has 2 aliphatic rings. The third-order valence-corrected chi connectivity index (χ3v) is 8.02. The summed E-state index contributed by atoms with van der Waals surface area (Å²) in [6.07, 6.45) is 1.91. The number of aryl methyl sites for hydroxylation is 3. The summed E-state index contributed by atoms with van der Waals surface area (Å²) in [5, 5.41) is 20.1. The maximum atomic E-state index is 15.3. The van der Waals surface area contributed by atoms with Crippen LogP contribution in [0.15, 0.2) is 41.0 Å². The molecule has 1 spiro atoms. The van der Waals surface area contributed by atoms with Gasteiger partial charge in [0.15, 0.2) is 5.69 Å². The summed E-state index contributed by atoms with van der Waals surface area (Å²) in [4.78, 5) is 27.3. The van der Waals surface area contributed by atoms with E-state index < -0.39 is 40.8 Å². The number of carbonyl (C=O) groups excluding carboxylic acids is 2. The average Bonchev–Trinajstić information content (AvgIpc) is 3.39. The van der Waals surface area contributed by atoms with Crippen molar-refractivity contribution in [3.63, 3.8) is 0 Å². The van der Waals surface area contributed by atoms with Crippen molar-refractivity contribution in [3.8, 4) is 16.9 Å². The van der Waals surface area contributed by atoms with Gasteiger partial charge in [-0.15, -0.1) is 0 Å². The molecule has 1 fully saturated rings. The Morgan fingerprint density at radius 3 is 2.63 bits per heavy atom. The number of halogens is 2. The van der Waals surface area contributed by atoms with E-state index in [9.17, 15) is 14.0 Å². The Bertz CT molecular complexity index is 1640. The number of nitrogens with one attached hydrogen (secondary N) is 3. The number of hydrogen-bond donors (Lipinski definition) is 3. The zero-order valence-corrected chi connectivity index (χ0v) is 22.7. The predicted molar refractivity (Wildman–Crippen MR) is 143 cm³/mol. The van der Waals surface area contributed by atoms with Gasteiger partial charge in [-0.05, 0) is 62.5 Å². The zero-order valence-electron chi connectivity index (χ0n) is 22.7. The largest absolute Gasteiger partial charge is 0.493 e. The minimum atomic E-state index is -1.12. The standard InChI is InChI=1S/C29H28F2N6O4/c1-4-21-25(37-41-36-21)27(38)33-26(24-19-7-5-16(30)11-22(19)40-13-29(24)9-10-29)28(39)32-17-6-8-18(20(31)12-17)23-14(2)34-35-15(23)3/h5-8,11-12,24,26H,4,9-10,13H2,1-3H3,(H,32,39)(H,33,38)(H,34,35)/t24?,26-/m0/s1. The highest BCUT2D eigenvalue weighted by atomic mass is 19.1. The Balaban J connectivity index is 1.36. The Morgan fingerprint density at radius 1 is 1.15 bits per heavy atom. The molecule has 1 aliphatic carbocycles. The second-order valence-corrected chi connectivity index (χ2v) is 10.7. The van der Waals surface area contributed by atoms with Gasteiger partial charge < -0.3 is 15.4 Å². The highest BCUT2D eigenvalue weighted by molar-refractivity contribution is 6.01. The molecule has 0 radical (unpaired) electrons. The molecule has 4 aromatic rings. The van der Waals surface area contributed by atoms with Gasteiger partial charge in [-0.1, -0.05) is 18.1 Å². The van der Waals surface area contributed by atoms with Crippen LogP contribution >= 0.6 is 0 Å². The van der Waals surface area contributed by atoms with Crippen molar-refractivity contribution in [1.82, 2.24) is 25.8 Å². The lowest BCUT2D eigenvalue weighted by Gasteiger charge is -2.38. The number of rotatable bonds is 7. The van der Waals surface area contributed by atoms with Crippen LogP contribution < -0.4 is 15.4 Å². The number of hydrogen-bond acceptors (Lipinski definition) is 7. The molecule has 6 rings (SSSR count). The molecular formula is C29H28F2N6O4. The summed E-state index contributed by atoms with van der Waals surface area (Å²) in [5.74, 6) is -2.44. The van der Waals surface area contributed by atoms with E-state index in [0.29, 0.717) is 40.2 Å². The second-order valence-electron chi connectivity index (χ2n) is 10.7. The van der Waals surface area contributed by atoms with Crippen LogP contribution in [0.4, 0.5) is 14.5 Å². The summed E-state index contributed by atoms with van der Waals surface area (Å²) < 4.78 is 40.0. The normalized spacial score (nSPS) is 17.4. The van der Waals surface area contributed by atoms with Crippen LogP contribution in [0.25, 0.3) is 11.1 Å². The maximum Gasteiger partial charge on any atom is 0.276 e. The van der Waals surface area contributed by atoms with Gasteiger partial charge in [-0.25, -0.2) is 13.4 Å². The number of ether oxygens (including phenoxy) is 1. The second kappa shape index (κ2) is 10.1. The molecule has 1 unspecified atom stereocenters. The molecule has 1 aliphatic heterocycles. The van der Waals surface area contributed by atoms with E-state index in [-0.39, 0.29) is 18.0 Å². The van der Waals surface area contributed by atoms with Gasteiger partial charge in [0.05, 0.1) is 12.3 Å². The van der Waals surface area contributed by atoms with E-state index in [4.69, 9.17) is 9.37 Å². The molecule has 1 saturated carbocycles. The van der Waals surface area contributed by atoms with Crippen LogP contribution in [0, 0.1) is 30.9 Å². The average molecular weight is 563 g/mol. The van der Waals surface area contributed by atoms with Crippen molar-refractivity contribution in [2.75, 3.05) is 11.9 Å². The summed E-state index contributed by atoms with van der Waals surface area (Å²) >= 11 is 0. The number of anilines is 1. The first-order valence-electron chi connectivity index (χ1n) is 13.4. The molecule has 10 nitrogen and oxygen atoms in total. The molecule has 3 N–H and O–H groups in total. The first kappa shape index (κ1) is 26.6. The minimum absolute atomic E-state index is 0.0252. The Hall–Kier alpha value is -4.61. The van der Waals surface area contributed by atoms with Crippen molar-refractivity contribution < 1.29 is 27.7 Å². The summed E-state index contributed by atoms with van der Waals surface area (Å²) in [7, 11) is 0. The van der Waals surface area contributed by atoms with Crippen LogP contribution in [0.2, 0.25) is 0 Å². The van der Waals surface area contributed by atoms with Crippen molar-refractivity contribution in [3.05, 3.63) is 76.4 Å². The Kier molecular flexibility index (Phi) is 6.55. The van der Waals surface area contributed by atoms with E-state index in [1.54, 1.807) is 39.0 Å². The van der Waals surface area contributed by atoms with Crippen LogP contribution in [-0.4, -0.2) is 45.0 Å². The zero-order chi connectivity index (χ0) is 28.9. The molecular weight excluding hydrogens is 534 g/mol. The van der Waals surface area contributed by atoms with Crippen molar-refractivity contribution >= 4 is 17.5 Å². The van der Waals surface area contributed by atoms with E-state index in [0.717, 1.165) is 18.5 Å². The van der Waals surface area contributed by atoms with Crippen LogP contribution in [0.1, 0.15) is 58.8 Å². The predicted octanol–water partition coefficient (Wildman–Crippen LogP) is 4.61. The number of amides is 2. The monoisotopic (exact) mass is 562 g/mol. The summed E-state index contributed by atoms with van der Waals surface area (Å²) in [6.45, 7) is 5.65. The van der Waals surface area contributed by atoms with Gasteiger partial charge in [0, 0.05) is 45.5 Å². The lowest BCUT2D eigenvalue weighted by Crippen LogP contribution is -2.52. The molecule has 2 amide bonds. The smallest absolute Gasteiger partial charge is 0.276 e. The molecule has 2 aromatic carbocycles. The number of benzene rings is 2. The van der Waals surface area contributed by atoms with Gasteiger partial charge >= 0.3 is 0 Å². The molecule has 212 valence electrons.